The molecule has 3 aromatic carbocycles. The largest absolute Gasteiger partial charge is 0.508 e. The van der Waals surface area contributed by atoms with E-state index < -0.39 is 12.1 Å². The summed E-state index contributed by atoms with van der Waals surface area (Å²) in [6.07, 6.45) is 2.44. The predicted octanol–water partition coefficient (Wildman–Crippen LogP) is 4.58. The number of halogens is 1. The van der Waals surface area contributed by atoms with Crippen molar-refractivity contribution in [1.29, 1.82) is 0 Å². The van der Waals surface area contributed by atoms with E-state index in [1.165, 1.54) is 18.2 Å². The van der Waals surface area contributed by atoms with Gasteiger partial charge in [-0.1, -0.05) is 23.7 Å². The quantitative estimate of drug-likeness (QED) is 0.341. The molecule has 0 saturated carbocycles. The van der Waals surface area contributed by atoms with Gasteiger partial charge in [0.1, 0.15) is 35.6 Å². The van der Waals surface area contributed by atoms with Crippen LogP contribution < -0.4 is 9.47 Å². The second-order valence-electron chi connectivity index (χ2n) is 11.8. The number of aromatic hydroxyl groups is 1. The molecular formula is C33H35ClN2O7. The van der Waals surface area contributed by atoms with Crippen LogP contribution in [0.1, 0.15) is 57.0 Å². The zero-order valence-corrected chi connectivity index (χ0v) is 24.5. The average Bonchev–Trinajstić information content (AvgIpc) is 3.62. The monoisotopic (exact) mass is 606 g/mol. The van der Waals surface area contributed by atoms with Gasteiger partial charge in [0.2, 0.25) is 0 Å². The first-order chi connectivity index (χ1) is 20.7. The predicted molar refractivity (Wildman–Crippen MR) is 160 cm³/mol. The van der Waals surface area contributed by atoms with E-state index in [2.05, 4.69) is 4.90 Å². The molecule has 3 aliphatic heterocycles. The Bertz CT molecular complexity index is 1520. The summed E-state index contributed by atoms with van der Waals surface area (Å²) < 4.78 is 12.2. The highest BCUT2D eigenvalue weighted by atomic mass is 35.5. The highest BCUT2D eigenvalue weighted by Crippen LogP contribution is 2.42. The molecule has 0 unspecified atom stereocenters. The number of ether oxygens (including phenoxy) is 2. The van der Waals surface area contributed by atoms with E-state index in [-0.39, 0.29) is 41.1 Å². The third-order valence-corrected chi connectivity index (χ3v) is 9.04. The Labute approximate surface area is 255 Å². The number of likely N-dealkylation sites (tertiary alicyclic amines) is 2. The Morgan fingerprint density at radius 3 is 2.67 bits per heavy atom. The number of aliphatic hydroxyl groups excluding tert-OH is 1. The fourth-order valence-electron chi connectivity index (χ4n) is 6.48. The Hall–Kier alpha value is -3.79. The maximum Gasteiger partial charge on any atom is 0.335 e. The van der Waals surface area contributed by atoms with Crippen LogP contribution in [0.5, 0.6) is 17.2 Å². The lowest BCUT2D eigenvalue weighted by Gasteiger charge is -2.39. The Morgan fingerprint density at radius 2 is 1.88 bits per heavy atom. The molecule has 3 aliphatic rings. The molecule has 43 heavy (non-hydrogen) atoms. The van der Waals surface area contributed by atoms with Crippen molar-refractivity contribution in [2.45, 2.75) is 43.3 Å². The molecule has 2 saturated heterocycles. The zero-order valence-electron chi connectivity index (χ0n) is 23.7. The number of carboxylic acid groups (broad SMARTS) is 1. The summed E-state index contributed by atoms with van der Waals surface area (Å²) in [6.45, 7) is 2.90. The number of piperidine rings is 1. The molecule has 9 nitrogen and oxygen atoms in total. The summed E-state index contributed by atoms with van der Waals surface area (Å²) >= 11 is 6.16. The number of rotatable bonds is 8. The Balaban J connectivity index is 1.03. The number of carboxylic acids is 1. The summed E-state index contributed by atoms with van der Waals surface area (Å²) in [5.74, 6) is -0.109. The lowest BCUT2D eigenvalue weighted by molar-refractivity contribution is -0.00202. The van der Waals surface area contributed by atoms with Crippen LogP contribution in [0, 0.1) is 0 Å². The number of hydrogen-bond acceptors (Lipinski definition) is 7. The van der Waals surface area contributed by atoms with E-state index in [1.54, 1.807) is 23.1 Å². The number of aliphatic hydroxyl groups is 1. The molecule has 1 spiro atoms. The van der Waals surface area contributed by atoms with Crippen LogP contribution in [0.25, 0.3) is 0 Å². The van der Waals surface area contributed by atoms with Crippen LogP contribution >= 0.6 is 11.6 Å². The van der Waals surface area contributed by atoms with Crippen LogP contribution in [0.2, 0.25) is 5.02 Å². The van der Waals surface area contributed by atoms with Crippen molar-refractivity contribution in [2.75, 3.05) is 39.3 Å². The molecule has 3 heterocycles. The molecule has 0 bridgehead atoms. The van der Waals surface area contributed by atoms with Gasteiger partial charge in [-0.25, -0.2) is 4.79 Å². The lowest BCUT2D eigenvalue weighted by atomic mass is 9.87. The van der Waals surface area contributed by atoms with Crippen LogP contribution in [-0.4, -0.2) is 88.0 Å². The number of amides is 1. The average molecular weight is 607 g/mol. The normalized spacial score (nSPS) is 20.0. The smallest absolute Gasteiger partial charge is 0.335 e. The maximum absolute atomic E-state index is 13.5. The maximum atomic E-state index is 13.5. The van der Waals surface area contributed by atoms with Crippen LogP contribution in [0.15, 0.2) is 60.7 Å². The molecule has 3 aromatic rings. The van der Waals surface area contributed by atoms with Crippen LogP contribution in [0.4, 0.5) is 0 Å². The number of hydrogen-bond donors (Lipinski definition) is 3. The minimum absolute atomic E-state index is 0.0248. The van der Waals surface area contributed by atoms with Crippen molar-refractivity contribution in [3.63, 3.8) is 0 Å². The van der Waals surface area contributed by atoms with E-state index in [4.69, 9.17) is 21.1 Å². The van der Waals surface area contributed by atoms with E-state index in [0.29, 0.717) is 36.6 Å². The van der Waals surface area contributed by atoms with Crippen LogP contribution in [-0.2, 0) is 6.42 Å². The second-order valence-corrected chi connectivity index (χ2v) is 12.3. The van der Waals surface area contributed by atoms with Gasteiger partial charge in [-0.05, 0) is 60.0 Å². The lowest BCUT2D eigenvalue weighted by Crippen LogP contribution is -2.49. The molecule has 0 radical (unpaired) electrons. The van der Waals surface area contributed by atoms with Crippen molar-refractivity contribution in [1.82, 2.24) is 9.80 Å². The molecule has 6 rings (SSSR count). The summed E-state index contributed by atoms with van der Waals surface area (Å²) in [6, 6.07) is 17.0. The standard InChI is InChI=1S/C33H35ClN2O7/c34-25-4-7-29-24(15-25)17-33(43-29)9-12-35(13-10-33)19-27(38)20-42-30-16-26(37)5-6-28(30)31(39)36-11-8-23(18-36)21-2-1-3-22(14-21)32(40)41/h1-7,14-16,23,27,37-38H,8-13,17-20H2,(H,40,41)/t23-,27+/m1/s1. The second kappa shape index (κ2) is 12.1. The highest BCUT2D eigenvalue weighted by molar-refractivity contribution is 6.30. The first-order valence-electron chi connectivity index (χ1n) is 14.6. The molecule has 226 valence electrons. The summed E-state index contributed by atoms with van der Waals surface area (Å²) in [7, 11) is 0. The van der Waals surface area contributed by atoms with Gasteiger partial charge in [0.25, 0.3) is 5.91 Å². The minimum Gasteiger partial charge on any atom is -0.508 e. The van der Waals surface area contributed by atoms with E-state index >= 15 is 0 Å². The molecule has 2 fully saturated rings. The Morgan fingerprint density at radius 1 is 1.07 bits per heavy atom. The highest BCUT2D eigenvalue weighted by Gasteiger charge is 2.42. The molecule has 0 aromatic heterocycles. The van der Waals surface area contributed by atoms with Gasteiger partial charge in [0.15, 0.2) is 0 Å². The molecule has 1 amide bonds. The summed E-state index contributed by atoms with van der Waals surface area (Å²) in [5, 5.41) is 31.0. The molecule has 0 aliphatic carbocycles. The first-order valence-corrected chi connectivity index (χ1v) is 15.0. The van der Waals surface area contributed by atoms with Crippen molar-refractivity contribution in [2.24, 2.45) is 0 Å². The summed E-state index contributed by atoms with van der Waals surface area (Å²) in [4.78, 5) is 28.8. The van der Waals surface area contributed by atoms with Gasteiger partial charge < -0.3 is 34.6 Å². The molecule has 10 heteroatoms. The number of benzene rings is 3. The fourth-order valence-corrected chi connectivity index (χ4v) is 6.68. The van der Waals surface area contributed by atoms with Crippen LogP contribution in [0.3, 0.4) is 0 Å². The number of carbonyl (C=O) groups excluding carboxylic acids is 1. The SMILES string of the molecule is O=C(O)c1cccc([C@@H]2CCN(C(=O)c3ccc(O)cc3OC[C@@H](O)CN3CCC4(CC3)Cc3cc(Cl)ccc3O4)C2)c1. The van der Waals surface area contributed by atoms with Gasteiger partial charge in [0, 0.05) is 69.0 Å². The van der Waals surface area contributed by atoms with E-state index in [1.807, 2.05) is 24.3 Å². The number of carbonyl (C=O) groups is 2. The third kappa shape index (κ3) is 6.44. The third-order valence-electron chi connectivity index (χ3n) is 8.81. The molecule has 2 atom stereocenters. The van der Waals surface area contributed by atoms with Crippen molar-refractivity contribution >= 4 is 23.5 Å². The van der Waals surface area contributed by atoms with Crippen molar-refractivity contribution < 1.29 is 34.4 Å². The van der Waals surface area contributed by atoms with Gasteiger partial charge in [0.05, 0.1) is 11.1 Å². The number of fused-ring (bicyclic) bond motifs is 1. The van der Waals surface area contributed by atoms with Gasteiger partial charge >= 0.3 is 5.97 Å². The van der Waals surface area contributed by atoms with E-state index in [0.717, 1.165) is 49.2 Å². The minimum atomic E-state index is -0.982. The summed E-state index contributed by atoms with van der Waals surface area (Å²) in [5.41, 5.74) is 2.33. The fraction of sp³-hybridized carbons (Fsp3) is 0.394. The zero-order chi connectivity index (χ0) is 30.1. The van der Waals surface area contributed by atoms with Gasteiger partial charge in [-0.15, -0.1) is 0 Å². The van der Waals surface area contributed by atoms with Crippen molar-refractivity contribution in [3.8, 4) is 17.2 Å². The number of phenolic OH excluding ortho intramolecular Hbond substituents is 1. The van der Waals surface area contributed by atoms with Gasteiger partial charge in [-0.3, -0.25) is 4.79 Å². The number of aromatic carboxylic acids is 1. The number of phenols is 1. The molecule has 3 N–H and O–H groups in total. The first kappa shape index (κ1) is 29.3. The number of nitrogens with zero attached hydrogens (tertiary/aromatic N) is 2. The van der Waals surface area contributed by atoms with E-state index in [9.17, 15) is 24.9 Å². The Kier molecular flexibility index (Phi) is 8.22. The molecular weight excluding hydrogens is 572 g/mol. The topological polar surface area (TPSA) is 120 Å². The van der Waals surface area contributed by atoms with Gasteiger partial charge in [-0.2, -0.15) is 0 Å². The number of β-amino-alcohol motifs (C(OH)–C–C–N with tert-alkyl or cyclic N) is 1. The van der Waals surface area contributed by atoms with Crippen molar-refractivity contribution in [3.05, 3.63) is 87.9 Å².